The molecule has 2 aliphatic rings. The van der Waals surface area contributed by atoms with Crippen molar-refractivity contribution in [3.8, 4) is 11.5 Å². The van der Waals surface area contributed by atoms with Gasteiger partial charge in [0.2, 0.25) is 11.8 Å². The molecule has 2 saturated heterocycles. The van der Waals surface area contributed by atoms with Crippen LogP contribution in [0.3, 0.4) is 0 Å². The van der Waals surface area contributed by atoms with E-state index in [1.165, 1.54) is 11.0 Å². The summed E-state index contributed by atoms with van der Waals surface area (Å²) in [5, 5.41) is 12.6. The van der Waals surface area contributed by atoms with Crippen LogP contribution in [0.1, 0.15) is 19.3 Å². The molecule has 0 saturated carbocycles. The number of phenols is 1. The molecule has 2 N–H and O–H groups in total. The summed E-state index contributed by atoms with van der Waals surface area (Å²) in [6, 6.07) is 13.0. The number of nitrogens with zero attached hydrogens (tertiary/aromatic N) is 2. The van der Waals surface area contributed by atoms with Crippen molar-refractivity contribution in [2.45, 2.75) is 25.3 Å². The Kier molecular flexibility index (Phi) is 5.90. The molecule has 2 aromatic carbocycles. The molecule has 2 aromatic rings. The summed E-state index contributed by atoms with van der Waals surface area (Å²) < 4.78 is 5.13. The number of anilines is 2. The lowest BCUT2D eigenvalue weighted by Crippen LogP contribution is -2.47. The molecule has 0 aromatic heterocycles. The van der Waals surface area contributed by atoms with Crippen LogP contribution in [-0.4, -0.2) is 54.0 Å². The van der Waals surface area contributed by atoms with E-state index in [2.05, 4.69) is 5.32 Å². The zero-order valence-corrected chi connectivity index (χ0v) is 17.3. The van der Waals surface area contributed by atoms with Crippen molar-refractivity contribution < 1.29 is 24.2 Å². The van der Waals surface area contributed by atoms with Crippen LogP contribution in [-0.2, 0) is 14.4 Å². The maximum absolute atomic E-state index is 13.0. The van der Waals surface area contributed by atoms with Gasteiger partial charge in [0.15, 0.2) is 0 Å². The van der Waals surface area contributed by atoms with E-state index in [1.54, 1.807) is 49.6 Å². The van der Waals surface area contributed by atoms with E-state index in [9.17, 15) is 19.5 Å². The van der Waals surface area contributed by atoms with Gasteiger partial charge in [0.05, 0.1) is 30.9 Å². The van der Waals surface area contributed by atoms with Crippen LogP contribution in [0.5, 0.6) is 11.5 Å². The first-order valence-corrected chi connectivity index (χ1v) is 10.3. The Morgan fingerprint density at radius 3 is 2.39 bits per heavy atom. The lowest BCUT2D eigenvalue weighted by Gasteiger charge is -2.34. The number of imide groups is 1. The van der Waals surface area contributed by atoms with Crippen LogP contribution >= 0.6 is 0 Å². The Bertz CT molecular complexity index is 983. The normalized spacial score (nSPS) is 20.2. The smallest absolute Gasteiger partial charge is 0.251 e. The minimum Gasteiger partial charge on any atom is -0.506 e. The molecule has 8 heteroatoms. The number of rotatable bonds is 5. The Morgan fingerprint density at radius 1 is 1.06 bits per heavy atom. The van der Waals surface area contributed by atoms with Gasteiger partial charge in [-0.25, -0.2) is 4.90 Å². The number of likely N-dealkylation sites (tertiary alicyclic amines) is 1. The third-order valence-corrected chi connectivity index (χ3v) is 5.96. The second kappa shape index (κ2) is 8.77. The fraction of sp³-hybridized carbons (Fsp3) is 0.348. The maximum atomic E-state index is 13.0. The second-order valence-corrected chi connectivity index (χ2v) is 7.80. The van der Waals surface area contributed by atoms with Gasteiger partial charge >= 0.3 is 0 Å². The van der Waals surface area contributed by atoms with E-state index in [-0.39, 0.29) is 35.8 Å². The number of carbonyl (C=O) groups is 3. The summed E-state index contributed by atoms with van der Waals surface area (Å²) in [6.45, 7) is 1.11. The number of methoxy groups -OCH3 is 1. The summed E-state index contributed by atoms with van der Waals surface area (Å²) >= 11 is 0. The van der Waals surface area contributed by atoms with Gasteiger partial charge in [0.25, 0.3) is 5.91 Å². The Balaban J connectivity index is 1.36. The Hall–Kier alpha value is -3.39. The zero-order valence-electron chi connectivity index (χ0n) is 17.3. The van der Waals surface area contributed by atoms with Crippen molar-refractivity contribution in [1.82, 2.24) is 4.90 Å². The maximum Gasteiger partial charge on any atom is 0.251 e. The van der Waals surface area contributed by atoms with Crippen molar-refractivity contribution in [3.05, 3.63) is 48.5 Å². The van der Waals surface area contributed by atoms with Gasteiger partial charge in [-0.05, 0) is 62.3 Å². The highest BCUT2D eigenvalue weighted by molar-refractivity contribution is 6.22. The molecule has 1 unspecified atom stereocenters. The topological polar surface area (TPSA) is 99.2 Å². The van der Waals surface area contributed by atoms with Gasteiger partial charge < -0.3 is 15.2 Å². The number of amides is 3. The molecule has 1 atom stereocenters. The average molecular weight is 423 g/mol. The average Bonchev–Trinajstić information content (AvgIpc) is 3.09. The highest BCUT2D eigenvalue weighted by Gasteiger charge is 2.43. The van der Waals surface area contributed by atoms with Gasteiger partial charge in [-0.1, -0.05) is 12.1 Å². The third-order valence-electron chi connectivity index (χ3n) is 5.96. The van der Waals surface area contributed by atoms with Crippen LogP contribution in [0.4, 0.5) is 11.4 Å². The predicted octanol–water partition coefficient (Wildman–Crippen LogP) is 2.38. The number of piperidine rings is 1. The molecule has 2 fully saturated rings. The number of phenolic OH excluding ortho intramolecular Hbond substituents is 1. The summed E-state index contributed by atoms with van der Waals surface area (Å²) in [7, 11) is 1.56. The molecule has 162 valence electrons. The van der Waals surface area contributed by atoms with Gasteiger partial charge in [0, 0.05) is 5.92 Å². The number of carbonyl (C=O) groups excluding carboxylic acids is 3. The highest BCUT2D eigenvalue weighted by Crippen LogP contribution is 2.30. The Morgan fingerprint density at radius 2 is 1.74 bits per heavy atom. The summed E-state index contributed by atoms with van der Waals surface area (Å²) in [5.41, 5.74) is 0.928. The third kappa shape index (κ3) is 4.25. The van der Waals surface area contributed by atoms with Crippen LogP contribution in [0.15, 0.2) is 48.5 Å². The standard InChI is InChI=1S/C23H25N3O5/c1-31-17-8-6-16(7-9-17)26-21(28)14-19(23(26)30)25-12-10-15(11-13-25)22(29)24-18-4-2-3-5-20(18)27/h2-9,15,19,27H,10-14H2,1H3,(H,24,29). The number of benzene rings is 2. The number of aromatic hydroxyl groups is 1. The van der Waals surface area contributed by atoms with Crippen molar-refractivity contribution >= 4 is 29.1 Å². The molecular weight excluding hydrogens is 398 g/mol. The van der Waals surface area contributed by atoms with Crippen LogP contribution in [0.2, 0.25) is 0 Å². The molecule has 3 amide bonds. The van der Waals surface area contributed by atoms with E-state index in [1.807, 2.05) is 4.90 Å². The second-order valence-electron chi connectivity index (χ2n) is 7.80. The first-order chi connectivity index (χ1) is 15.0. The van der Waals surface area contributed by atoms with Gasteiger partial charge in [-0.3, -0.25) is 19.3 Å². The molecule has 0 bridgehead atoms. The number of ether oxygens (including phenoxy) is 1. The summed E-state index contributed by atoms with van der Waals surface area (Å²) in [6.07, 6.45) is 1.31. The zero-order chi connectivity index (χ0) is 22.0. The van der Waals surface area contributed by atoms with Gasteiger partial charge in [0.1, 0.15) is 11.5 Å². The molecule has 4 rings (SSSR count). The first-order valence-electron chi connectivity index (χ1n) is 10.3. The van der Waals surface area contributed by atoms with Crippen LogP contribution in [0, 0.1) is 5.92 Å². The number of hydrogen-bond acceptors (Lipinski definition) is 6. The van der Waals surface area contributed by atoms with Gasteiger partial charge in [-0.2, -0.15) is 0 Å². The molecule has 0 spiro atoms. The largest absolute Gasteiger partial charge is 0.506 e. The molecule has 8 nitrogen and oxygen atoms in total. The van der Waals surface area contributed by atoms with E-state index in [4.69, 9.17) is 4.74 Å². The quantitative estimate of drug-likeness (QED) is 0.566. The SMILES string of the molecule is COc1ccc(N2C(=O)CC(N3CCC(C(=O)Nc4ccccc4O)CC3)C2=O)cc1. The minimum absolute atomic E-state index is 0.0296. The molecule has 2 heterocycles. The monoisotopic (exact) mass is 423 g/mol. The molecule has 31 heavy (non-hydrogen) atoms. The molecule has 2 aliphatic heterocycles. The molecular formula is C23H25N3O5. The van der Waals surface area contributed by atoms with E-state index >= 15 is 0 Å². The van der Waals surface area contributed by atoms with Crippen LogP contribution < -0.4 is 15.0 Å². The minimum atomic E-state index is -0.503. The highest BCUT2D eigenvalue weighted by atomic mass is 16.5. The lowest BCUT2D eigenvalue weighted by molar-refractivity contribution is -0.123. The van der Waals surface area contributed by atoms with Crippen LogP contribution in [0.25, 0.3) is 0 Å². The fourth-order valence-electron chi connectivity index (χ4n) is 4.19. The fourth-order valence-corrected chi connectivity index (χ4v) is 4.19. The number of para-hydroxylation sites is 2. The number of hydrogen-bond donors (Lipinski definition) is 2. The van der Waals surface area contributed by atoms with E-state index in [0.717, 1.165) is 0 Å². The Labute approximate surface area is 180 Å². The van der Waals surface area contributed by atoms with Crippen molar-refractivity contribution in [3.63, 3.8) is 0 Å². The summed E-state index contributed by atoms with van der Waals surface area (Å²) in [4.78, 5) is 41.4. The van der Waals surface area contributed by atoms with Crippen molar-refractivity contribution in [2.24, 2.45) is 5.92 Å². The first kappa shape index (κ1) is 20.9. The predicted molar refractivity (Wildman–Crippen MR) is 115 cm³/mol. The van der Waals surface area contributed by atoms with Crippen molar-refractivity contribution in [1.29, 1.82) is 0 Å². The van der Waals surface area contributed by atoms with E-state index < -0.39 is 6.04 Å². The van der Waals surface area contributed by atoms with E-state index in [0.29, 0.717) is 43.1 Å². The molecule has 0 radical (unpaired) electrons. The van der Waals surface area contributed by atoms with Gasteiger partial charge in [-0.15, -0.1) is 0 Å². The molecule has 0 aliphatic carbocycles. The van der Waals surface area contributed by atoms with Crippen molar-refractivity contribution in [2.75, 3.05) is 30.4 Å². The lowest BCUT2D eigenvalue weighted by atomic mass is 9.94. The number of nitrogens with one attached hydrogen (secondary N) is 1. The summed E-state index contributed by atoms with van der Waals surface area (Å²) in [5.74, 6) is -0.118.